The number of unbranched alkanes of at least 4 members (excludes halogenated alkanes) is 20. The molecule has 0 saturated carbocycles. The summed E-state index contributed by atoms with van der Waals surface area (Å²) in [7, 11) is -4.46. The highest BCUT2D eigenvalue weighted by atomic mass is 32.2. The molecule has 1 amide bonds. The third-order valence-corrected chi connectivity index (χ3v) is 9.81. The van der Waals surface area contributed by atoms with Crippen molar-refractivity contribution < 1.29 is 28.0 Å². The van der Waals surface area contributed by atoms with Gasteiger partial charge in [0.1, 0.15) is 6.10 Å². The zero-order valence-corrected chi connectivity index (χ0v) is 33.4. The second-order valence-electron chi connectivity index (χ2n) is 14.1. The Morgan fingerprint density at radius 3 is 1.45 bits per heavy atom. The number of carbonyl (C=O) groups excluding carboxylic acids is 1. The molecule has 0 aromatic heterocycles. The van der Waals surface area contributed by atoms with Gasteiger partial charge in [-0.25, -0.2) is 0 Å². The van der Waals surface area contributed by atoms with Gasteiger partial charge in [-0.2, -0.15) is 8.42 Å². The van der Waals surface area contributed by atoms with Crippen LogP contribution in [0.1, 0.15) is 181 Å². The number of hydrogen-bond acceptors (Lipinski definition) is 5. The Bertz CT molecular complexity index is 1050. The molecule has 0 spiro atoms. The Balaban J connectivity index is 4.13. The highest BCUT2D eigenvalue weighted by Gasteiger charge is 2.27. The Morgan fingerprint density at radius 1 is 0.549 bits per heavy atom. The van der Waals surface area contributed by atoms with E-state index in [4.69, 9.17) is 0 Å². The van der Waals surface area contributed by atoms with E-state index in [9.17, 15) is 28.0 Å². The number of hydrogen-bond donors (Lipinski definition) is 4. The number of aliphatic hydroxyl groups excluding tert-OH is 2. The van der Waals surface area contributed by atoms with Crippen molar-refractivity contribution in [2.24, 2.45) is 0 Å². The third kappa shape index (κ3) is 36.2. The highest BCUT2D eigenvalue weighted by Crippen LogP contribution is 2.13. The van der Waals surface area contributed by atoms with Crippen LogP contribution in [-0.4, -0.2) is 53.1 Å². The zero-order valence-electron chi connectivity index (χ0n) is 32.6. The summed E-state index contributed by atoms with van der Waals surface area (Å²) in [5.74, 6) is -1.57. The fourth-order valence-corrected chi connectivity index (χ4v) is 6.56. The topological polar surface area (TPSA) is 124 Å². The van der Waals surface area contributed by atoms with Crippen LogP contribution < -0.4 is 5.32 Å². The summed E-state index contributed by atoms with van der Waals surface area (Å²) in [6.07, 6.45) is 47.0. The number of nitrogens with one attached hydrogen (secondary N) is 1. The van der Waals surface area contributed by atoms with Crippen LogP contribution >= 0.6 is 0 Å². The van der Waals surface area contributed by atoms with E-state index in [1.54, 1.807) is 6.08 Å². The monoisotopic (exact) mass is 736 g/mol. The Labute approximate surface area is 314 Å². The van der Waals surface area contributed by atoms with Crippen LogP contribution in [0.5, 0.6) is 0 Å². The molecule has 3 atom stereocenters. The molecule has 0 aromatic rings. The predicted octanol–water partition coefficient (Wildman–Crippen LogP) is 11.0. The lowest BCUT2D eigenvalue weighted by Crippen LogP contribution is -2.50. The molecule has 0 saturated heterocycles. The molecule has 0 bridgehead atoms. The molecule has 3 unspecified atom stereocenters. The summed E-state index contributed by atoms with van der Waals surface area (Å²) in [6, 6.07) is -1.26. The van der Waals surface area contributed by atoms with Crippen LogP contribution in [0.15, 0.2) is 60.8 Å². The summed E-state index contributed by atoms with van der Waals surface area (Å²) in [5.41, 5.74) is 0. The Morgan fingerprint density at radius 2 is 0.941 bits per heavy atom. The molecule has 8 heteroatoms. The first-order valence-corrected chi connectivity index (χ1v) is 22.2. The van der Waals surface area contributed by atoms with Gasteiger partial charge in [-0.15, -0.1) is 0 Å². The molecular formula is C43H77NO6S. The smallest absolute Gasteiger partial charge is 0.267 e. The number of aliphatic hydroxyl groups is 2. The second-order valence-corrected chi connectivity index (χ2v) is 15.6. The van der Waals surface area contributed by atoms with Gasteiger partial charge in [0, 0.05) is 0 Å². The van der Waals surface area contributed by atoms with Gasteiger partial charge in [-0.05, 0) is 70.6 Å². The molecule has 0 heterocycles. The van der Waals surface area contributed by atoms with Gasteiger partial charge in [-0.3, -0.25) is 9.35 Å². The van der Waals surface area contributed by atoms with E-state index < -0.39 is 40.0 Å². The summed E-state index contributed by atoms with van der Waals surface area (Å²) >= 11 is 0. The van der Waals surface area contributed by atoms with Crippen LogP contribution in [0, 0.1) is 0 Å². The van der Waals surface area contributed by atoms with Crippen molar-refractivity contribution in [3.05, 3.63) is 60.8 Å². The molecule has 0 aromatic carbocycles. The van der Waals surface area contributed by atoms with Crippen molar-refractivity contribution in [3.8, 4) is 0 Å². The largest absolute Gasteiger partial charge is 0.387 e. The molecule has 0 fully saturated rings. The molecule has 0 aliphatic heterocycles. The average Bonchev–Trinajstić information content (AvgIpc) is 3.09. The number of rotatable bonds is 36. The van der Waals surface area contributed by atoms with Crippen molar-refractivity contribution >= 4 is 16.0 Å². The Kier molecular flexibility index (Phi) is 34.9. The highest BCUT2D eigenvalue weighted by molar-refractivity contribution is 7.85. The van der Waals surface area contributed by atoms with Crippen LogP contribution in [0.2, 0.25) is 0 Å². The molecule has 51 heavy (non-hydrogen) atoms. The van der Waals surface area contributed by atoms with Gasteiger partial charge in [0.25, 0.3) is 10.1 Å². The van der Waals surface area contributed by atoms with E-state index in [2.05, 4.69) is 67.8 Å². The molecule has 0 rings (SSSR count). The quantitative estimate of drug-likeness (QED) is 0.0220. The first kappa shape index (κ1) is 49.0. The van der Waals surface area contributed by atoms with E-state index >= 15 is 0 Å². The number of amides is 1. The second kappa shape index (κ2) is 36.4. The molecule has 0 radical (unpaired) electrons. The van der Waals surface area contributed by atoms with Gasteiger partial charge in [0.2, 0.25) is 5.91 Å². The van der Waals surface area contributed by atoms with E-state index in [1.165, 1.54) is 102 Å². The lowest BCUT2D eigenvalue weighted by Gasteiger charge is -2.22. The van der Waals surface area contributed by atoms with Gasteiger partial charge in [0.05, 0.1) is 17.9 Å². The van der Waals surface area contributed by atoms with Crippen LogP contribution in [0.3, 0.4) is 0 Å². The SMILES string of the molecule is CCCCC/C=C\C=C/CCCCCCCCCCCC(O)C(=O)NC(CS(=O)(=O)O)C(O)/C=C/CC/C=C/CC/C=C/CCCCCCCC. The molecule has 0 aliphatic rings. The molecular weight excluding hydrogens is 659 g/mol. The molecule has 0 aliphatic carbocycles. The van der Waals surface area contributed by atoms with Gasteiger partial charge < -0.3 is 15.5 Å². The maximum absolute atomic E-state index is 12.6. The van der Waals surface area contributed by atoms with Crippen molar-refractivity contribution in [1.82, 2.24) is 5.32 Å². The van der Waals surface area contributed by atoms with Gasteiger partial charge in [-0.1, -0.05) is 171 Å². The van der Waals surface area contributed by atoms with E-state index in [0.29, 0.717) is 12.8 Å². The van der Waals surface area contributed by atoms with Crippen LogP contribution in [0.4, 0.5) is 0 Å². The average molecular weight is 736 g/mol. The summed E-state index contributed by atoms with van der Waals surface area (Å²) in [5, 5.41) is 23.4. The minimum absolute atomic E-state index is 0.263. The van der Waals surface area contributed by atoms with Gasteiger partial charge >= 0.3 is 0 Å². The summed E-state index contributed by atoms with van der Waals surface area (Å²) in [4.78, 5) is 12.6. The molecule has 296 valence electrons. The summed E-state index contributed by atoms with van der Waals surface area (Å²) in [6.45, 7) is 4.47. The Hall–Kier alpha value is -2.00. The van der Waals surface area contributed by atoms with Crippen molar-refractivity contribution in [3.63, 3.8) is 0 Å². The zero-order chi connectivity index (χ0) is 37.7. The third-order valence-electron chi connectivity index (χ3n) is 9.03. The van der Waals surface area contributed by atoms with Crippen LogP contribution in [0.25, 0.3) is 0 Å². The lowest BCUT2D eigenvalue weighted by molar-refractivity contribution is -0.130. The van der Waals surface area contributed by atoms with E-state index in [1.807, 2.05) is 0 Å². The van der Waals surface area contributed by atoms with Crippen molar-refractivity contribution in [2.45, 2.75) is 199 Å². The number of allylic oxidation sites excluding steroid dienone is 9. The maximum Gasteiger partial charge on any atom is 0.267 e. The minimum atomic E-state index is -4.46. The normalized spacial score (nSPS) is 14.5. The van der Waals surface area contributed by atoms with Gasteiger partial charge in [0.15, 0.2) is 0 Å². The van der Waals surface area contributed by atoms with E-state index in [0.717, 1.165) is 51.4 Å². The molecule has 7 nitrogen and oxygen atoms in total. The first-order chi connectivity index (χ1) is 24.7. The van der Waals surface area contributed by atoms with Crippen molar-refractivity contribution in [2.75, 3.05) is 5.75 Å². The molecule has 4 N–H and O–H groups in total. The van der Waals surface area contributed by atoms with Crippen molar-refractivity contribution in [1.29, 1.82) is 0 Å². The maximum atomic E-state index is 12.6. The fourth-order valence-electron chi connectivity index (χ4n) is 5.83. The van der Waals surface area contributed by atoms with Crippen LogP contribution in [-0.2, 0) is 14.9 Å². The first-order valence-electron chi connectivity index (χ1n) is 20.6. The minimum Gasteiger partial charge on any atom is -0.387 e. The van der Waals surface area contributed by atoms with E-state index in [-0.39, 0.29) is 6.42 Å². The summed E-state index contributed by atoms with van der Waals surface area (Å²) < 4.78 is 32.5. The number of carbonyl (C=O) groups is 1. The lowest BCUT2D eigenvalue weighted by atomic mass is 10.0. The standard InChI is InChI=1S/C43H77NO6S/c1-3-5-7-9-11-13-15-17-19-21-22-24-26-28-30-32-34-36-38-42(46)43(47)44-40(39-51(48,49)50)41(45)37-35-33-31-29-27-25-23-20-18-16-14-12-10-8-6-4-2/h11,13,15,17-18,20,27,29,35,37,40-42,45-46H,3-10,12,14,16,19,21-26,28,30-34,36,38-39H2,1-2H3,(H,44,47)(H,48,49,50)/b13-11-,17-15-,20-18+,29-27+,37-35+. The fraction of sp³-hybridized carbons (Fsp3) is 0.744. The predicted molar refractivity (Wildman–Crippen MR) is 217 cm³/mol.